The van der Waals surface area contributed by atoms with Crippen LogP contribution in [0, 0.1) is 0 Å². The van der Waals surface area contributed by atoms with E-state index in [1.807, 2.05) is 0 Å². The summed E-state index contributed by atoms with van der Waals surface area (Å²) < 4.78 is 28.7. The number of ether oxygens (including phenoxy) is 1. The van der Waals surface area contributed by atoms with Crippen molar-refractivity contribution in [3.8, 4) is 0 Å². The largest absolute Gasteiger partial charge is 0.444 e. The fraction of sp³-hybridized carbons (Fsp3) is 0.733. The molecule has 1 aliphatic heterocycles. The molecule has 0 N–H and O–H groups in total. The molecule has 1 heterocycles. The Kier molecular flexibility index (Phi) is 6.61. The molecule has 0 aliphatic carbocycles. The maximum atomic E-state index is 12.1. The van der Waals surface area contributed by atoms with E-state index in [1.165, 1.54) is 11.0 Å². The summed E-state index contributed by atoms with van der Waals surface area (Å²) in [5.41, 5.74) is -0.572. The van der Waals surface area contributed by atoms with E-state index in [9.17, 15) is 18.0 Å². The topological polar surface area (TPSA) is 84.0 Å². The highest BCUT2D eigenvalue weighted by atomic mass is 32.2. The molecule has 132 valence electrons. The number of nitrogens with zero attached hydrogens (tertiary/aromatic N) is 2. The highest BCUT2D eigenvalue weighted by Crippen LogP contribution is 2.12. The third kappa shape index (κ3) is 7.02. The van der Waals surface area contributed by atoms with Gasteiger partial charge in [0.15, 0.2) is 9.84 Å². The molecule has 23 heavy (non-hydrogen) atoms. The van der Waals surface area contributed by atoms with E-state index in [0.29, 0.717) is 32.6 Å². The smallest absolute Gasteiger partial charge is 0.410 e. The first-order chi connectivity index (χ1) is 10.5. The highest BCUT2D eigenvalue weighted by Gasteiger charge is 2.27. The van der Waals surface area contributed by atoms with Crippen molar-refractivity contribution in [1.29, 1.82) is 0 Å². The summed E-state index contributed by atoms with van der Waals surface area (Å²) in [7, 11) is -3.46. The van der Waals surface area contributed by atoms with Gasteiger partial charge in [0, 0.05) is 26.2 Å². The van der Waals surface area contributed by atoms with Crippen LogP contribution in [0.3, 0.4) is 0 Å². The zero-order chi connectivity index (χ0) is 17.7. The second-order valence-corrected chi connectivity index (χ2v) is 8.65. The summed E-state index contributed by atoms with van der Waals surface area (Å²) in [5.74, 6) is -1.17. The zero-order valence-electron chi connectivity index (χ0n) is 14.1. The standard InChI is InChI=1S/C15H26N2O5S/c1-5-11-23(20,21)12-13(18)16-7-6-8-17(10-9-16)14(19)22-15(2,3)4/h5H,1,6-12H2,2-4H3. The minimum atomic E-state index is -3.46. The molecule has 0 spiro atoms. The molecule has 0 bridgehead atoms. The number of sulfone groups is 1. The molecule has 7 nitrogen and oxygen atoms in total. The Bertz CT molecular complexity index is 551. The van der Waals surface area contributed by atoms with E-state index in [2.05, 4.69) is 6.58 Å². The molecule has 0 aromatic rings. The van der Waals surface area contributed by atoms with E-state index < -0.39 is 33.2 Å². The number of hydrogen-bond donors (Lipinski definition) is 0. The number of amides is 2. The van der Waals surface area contributed by atoms with Crippen molar-refractivity contribution in [3.05, 3.63) is 12.7 Å². The van der Waals surface area contributed by atoms with Gasteiger partial charge in [0.25, 0.3) is 0 Å². The molecule has 0 radical (unpaired) electrons. The monoisotopic (exact) mass is 346 g/mol. The van der Waals surface area contributed by atoms with Crippen molar-refractivity contribution in [1.82, 2.24) is 9.80 Å². The second kappa shape index (κ2) is 7.81. The molecular formula is C15H26N2O5S. The number of carbonyl (C=O) groups excluding carboxylic acids is 2. The van der Waals surface area contributed by atoms with Gasteiger partial charge in [-0.2, -0.15) is 0 Å². The van der Waals surface area contributed by atoms with Crippen LogP contribution < -0.4 is 0 Å². The first-order valence-corrected chi connectivity index (χ1v) is 9.43. The molecule has 0 aromatic heterocycles. The van der Waals surface area contributed by atoms with Crippen molar-refractivity contribution in [3.63, 3.8) is 0 Å². The Balaban J connectivity index is 2.60. The summed E-state index contributed by atoms with van der Waals surface area (Å²) >= 11 is 0. The van der Waals surface area contributed by atoms with Crippen molar-refractivity contribution < 1.29 is 22.7 Å². The average Bonchev–Trinajstić information content (AvgIpc) is 2.61. The summed E-state index contributed by atoms with van der Waals surface area (Å²) in [4.78, 5) is 27.2. The van der Waals surface area contributed by atoms with Crippen LogP contribution >= 0.6 is 0 Å². The van der Waals surface area contributed by atoms with Gasteiger partial charge in [-0.1, -0.05) is 6.08 Å². The van der Waals surface area contributed by atoms with Gasteiger partial charge in [-0.05, 0) is 27.2 Å². The lowest BCUT2D eigenvalue weighted by atomic mass is 10.2. The highest BCUT2D eigenvalue weighted by molar-refractivity contribution is 7.92. The van der Waals surface area contributed by atoms with Crippen LogP contribution in [0.5, 0.6) is 0 Å². The van der Waals surface area contributed by atoms with Gasteiger partial charge >= 0.3 is 6.09 Å². The SMILES string of the molecule is C=CCS(=O)(=O)CC(=O)N1CCCN(C(=O)OC(C)(C)C)CC1. The fourth-order valence-electron chi connectivity index (χ4n) is 2.19. The number of hydrogen-bond acceptors (Lipinski definition) is 5. The van der Waals surface area contributed by atoms with Crippen molar-refractivity contribution >= 4 is 21.8 Å². The maximum absolute atomic E-state index is 12.1. The van der Waals surface area contributed by atoms with Crippen LogP contribution in [0.25, 0.3) is 0 Å². The van der Waals surface area contributed by atoms with Gasteiger partial charge in [0.2, 0.25) is 5.91 Å². The first kappa shape index (κ1) is 19.5. The number of carbonyl (C=O) groups is 2. The van der Waals surface area contributed by atoms with Gasteiger partial charge in [0.1, 0.15) is 11.4 Å². The van der Waals surface area contributed by atoms with Gasteiger partial charge in [-0.25, -0.2) is 13.2 Å². The minimum Gasteiger partial charge on any atom is -0.444 e. The lowest BCUT2D eigenvalue weighted by molar-refractivity contribution is -0.128. The third-order valence-electron chi connectivity index (χ3n) is 3.22. The quantitative estimate of drug-likeness (QED) is 0.711. The second-order valence-electron chi connectivity index (χ2n) is 6.54. The molecule has 0 aromatic carbocycles. The molecule has 0 unspecified atom stereocenters. The van der Waals surface area contributed by atoms with Crippen LogP contribution in [0.15, 0.2) is 12.7 Å². The van der Waals surface area contributed by atoms with Crippen LogP contribution in [-0.4, -0.2) is 73.5 Å². The van der Waals surface area contributed by atoms with E-state index in [4.69, 9.17) is 4.74 Å². The van der Waals surface area contributed by atoms with Crippen LogP contribution in [0.2, 0.25) is 0 Å². The van der Waals surface area contributed by atoms with Gasteiger partial charge in [-0.3, -0.25) is 4.79 Å². The molecule has 8 heteroatoms. The van der Waals surface area contributed by atoms with Gasteiger partial charge in [0.05, 0.1) is 5.75 Å². The van der Waals surface area contributed by atoms with E-state index in [1.54, 1.807) is 25.7 Å². The first-order valence-electron chi connectivity index (χ1n) is 7.61. The molecule has 0 atom stereocenters. The Labute approximate surface area is 138 Å². The summed E-state index contributed by atoms with van der Waals surface area (Å²) in [6.45, 7) is 10.3. The lowest BCUT2D eigenvalue weighted by Crippen LogP contribution is -2.41. The molecule has 1 saturated heterocycles. The van der Waals surface area contributed by atoms with Crippen molar-refractivity contribution in [2.75, 3.05) is 37.7 Å². The van der Waals surface area contributed by atoms with E-state index >= 15 is 0 Å². The Morgan fingerprint density at radius 1 is 1.13 bits per heavy atom. The minimum absolute atomic E-state index is 0.212. The van der Waals surface area contributed by atoms with Crippen molar-refractivity contribution in [2.24, 2.45) is 0 Å². The zero-order valence-corrected chi connectivity index (χ0v) is 14.9. The van der Waals surface area contributed by atoms with Gasteiger partial charge in [-0.15, -0.1) is 6.58 Å². The number of rotatable bonds is 4. The summed E-state index contributed by atoms with van der Waals surface area (Å²) in [6.07, 6.45) is 1.45. The predicted octanol–water partition coefficient (Wildman–Crippen LogP) is 1.06. The van der Waals surface area contributed by atoms with Crippen LogP contribution in [0.4, 0.5) is 4.79 Å². The predicted molar refractivity (Wildman–Crippen MR) is 87.9 cm³/mol. The summed E-state index contributed by atoms with van der Waals surface area (Å²) in [5, 5.41) is 0. The van der Waals surface area contributed by atoms with Crippen LogP contribution in [-0.2, 0) is 19.4 Å². The third-order valence-corrected chi connectivity index (χ3v) is 4.65. The maximum Gasteiger partial charge on any atom is 0.410 e. The normalized spacial score (nSPS) is 16.7. The molecule has 1 aliphatic rings. The molecule has 1 fully saturated rings. The van der Waals surface area contributed by atoms with E-state index in [-0.39, 0.29) is 5.75 Å². The van der Waals surface area contributed by atoms with Crippen LogP contribution in [0.1, 0.15) is 27.2 Å². The molecule has 2 amide bonds. The molecular weight excluding hydrogens is 320 g/mol. The molecule has 1 rings (SSSR count). The Hall–Kier alpha value is -1.57. The lowest BCUT2D eigenvalue weighted by Gasteiger charge is -2.26. The van der Waals surface area contributed by atoms with Gasteiger partial charge < -0.3 is 14.5 Å². The Morgan fingerprint density at radius 2 is 1.70 bits per heavy atom. The summed E-state index contributed by atoms with van der Waals surface area (Å²) in [6, 6.07) is 0. The molecule has 0 saturated carbocycles. The average molecular weight is 346 g/mol. The van der Waals surface area contributed by atoms with Crippen molar-refractivity contribution in [2.45, 2.75) is 32.8 Å². The Morgan fingerprint density at radius 3 is 2.26 bits per heavy atom. The van der Waals surface area contributed by atoms with E-state index in [0.717, 1.165) is 0 Å². The fourth-order valence-corrected chi connectivity index (χ4v) is 3.23.